The third-order valence-electron chi connectivity index (χ3n) is 3.65. The molecule has 0 aliphatic rings. The summed E-state index contributed by atoms with van der Waals surface area (Å²) in [6.07, 6.45) is 2.02. The van der Waals surface area contributed by atoms with Crippen molar-refractivity contribution >= 4 is 29.6 Å². The topological polar surface area (TPSA) is 243 Å². The van der Waals surface area contributed by atoms with Gasteiger partial charge in [0.2, 0.25) is 23.6 Å². The fraction of sp³-hybridized carbons (Fsp3) is 0.467. The number of hydrogen-bond acceptors (Lipinski definition) is 8. The number of carbonyl (C=O) groups is 5. The number of aliphatic hydroxyl groups is 1. The van der Waals surface area contributed by atoms with Crippen molar-refractivity contribution in [3.63, 3.8) is 0 Å². The predicted octanol–water partition coefficient (Wildman–Crippen LogP) is -4.68. The van der Waals surface area contributed by atoms with Gasteiger partial charge in [-0.1, -0.05) is 0 Å². The van der Waals surface area contributed by atoms with E-state index >= 15 is 0 Å². The first-order valence-electron chi connectivity index (χ1n) is 8.37. The molecule has 160 valence electrons. The summed E-state index contributed by atoms with van der Waals surface area (Å²) in [5.74, 6) is -4.98. The van der Waals surface area contributed by atoms with Crippen molar-refractivity contribution in [2.75, 3.05) is 13.2 Å². The SMILES string of the molecule is NCC(=O)NC(CC(N)=O)C(=O)NC(CO)C(=O)NC(Cc1cnc[nH]1)C(=O)O. The smallest absolute Gasteiger partial charge is 0.326 e. The molecule has 3 atom stereocenters. The molecule has 0 radical (unpaired) electrons. The van der Waals surface area contributed by atoms with Gasteiger partial charge in [0.1, 0.15) is 18.1 Å². The zero-order valence-electron chi connectivity index (χ0n) is 15.3. The van der Waals surface area contributed by atoms with Crippen LogP contribution in [0.3, 0.4) is 0 Å². The molecule has 0 saturated carbocycles. The van der Waals surface area contributed by atoms with Gasteiger partial charge in [0.15, 0.2) is 0 Å². The van der Waals surface area contributed by atoms with E-state index in [9.17, 15) is 34.2 Å². The number of aromatic amines is 1. The number of aliphatic hydroxyl groups excluding tert-OH is 1. The summed E-state index contributed by atoms with van der Waals surface area (Å²) in [5.41, 5.74) is 10.6. The Kier molecular flexibility index (Phi) is 9.21. The van der Waals surface area contributed by atoms with Crippen LogP contribution in [0.5, 0.6) is 0 Å². The van der Waals surface area contributed by atoms with Crippen molar-refractivity contribution in [3.05, 3.63) is 18.2 Å². The van der Waals surface area contributed by atoms with Crippen molar-refractivity contribution in [1.82, 2.24) is 25.9 Å². The lowest BCUT2D eigenvalue weighted by Gasteiger charge is -2.22. The summed E-state index contributed by atoms with van der Waals surface area (Å²) in [7, 11) is 0. The largest absolute Gasteiger partial charge is 0.480 e. The number of amides is 4. The Labute approximate surface area is 164 Å². The van der Waals surface area contributed by atoms with Crippen molar-refractivity contribution in [2.24, 2.45) is 11.5 Å². The fourth-order valence-electron chi connectivity index (χ4n) is 2.22. The highest BCUT2D eigenvalue weighted by molar-refractivity contribution is 5.95. The van der Waals surface area contributed by atoms with Crippen LogP contribution in [0, 0.1) is 0 Å². The number of primary amides is 1. The molecule has 14 nitrogen and oxygen atoms in total. The van der Waals surface area contributed by atoms with Gasteiger partial charge in [-0.3, -0.25) is 19.2 Å². The van der Waals surface area contributed by atoms with E-state index in [1.165, 1.54) is 12.5 Å². The number of carboxylic acid groups (broad SMARTS) is 1. The average Bonchev–Trinajstić information content (AvgIpc) is 3.17. The van der Waals surface area contributed by atoms with E-state index in [1.807, 2.05) is 0 Å². The van der Waals surface area contributed by atoms with Gasteiger partial charge >= 0.3 is 5.97 Å². The molecule has 0 saturated heterocycles. The van der Waals surface area contributed by atoms with Gasteiger partial charge < -0.3 is 42.6 Å². The number of imidazole rings is 1. The van der Waals surface area contributed by atoms with E-state index in [0.29, 0.717) is 5.69 Å². The van der Waals surface area contributed by atoms with Gasteiger partial charge in [-0.05, 0) is 0 Å². The average molecular weight is 413 g/mol. The Morgan fingerprint density at radius 2 is 1.69 bits per heavy atom. The Bertz CT molecular complexity index is 737. The minimum Gasteiger partial charge on any atom is -0.480 e. The van der Waals surface area contributed by atoms with E-state index in [1.54, 1.807) is 0 Å². The summed E-state index contributed by atoms with van der Waals surface area (Å²) in [4.78, 5) is 64.9. The molecule has 1 rings (SSSR count). The highest BCUT2D eigenvalue weighted by Gasteiger charge is 2.30. The number of aliphatic carboxylic acids is 1. The van der Waals surface area contributed by atoms with Crippen LogP contribution >= 0.6 is 0 Å². The molecule has 3 unspecified atom stereocenters. The number of carboxylic acids is 1. The number of H-pyrrole nitrogens is 1. The van der Waals surface area contributed by atoms with Crippen LogP contribution in [-0.4, -0.2) is 81.1 Å². The summed E-state index contributed by atoms with van der Waals surface area (Å²) in [6.45, 7) is -1.33. The van der Waals surface area contributed by atoms with E-state index < -0.39 is 67.3 Å². The Morgan fingerprint density at radius 3 is 2.17 bits per heavy atom. The van der Waals surface area contributed by atoms with Gasteiger partial charge in [0, 0.05) is 18.3 Å². The third kappa shape index (κ3) is 7.94. The van der Waals surface area contributed by atoms with Crippen LogP contribution in [0.2, 0.25) is 0 Å². The maximum absolute atomic E-state index is 12.3. The second-order valence-corrected chi connectivity index (χ2v) is 5.92. The fourth-order valence-corrected chi connectivity index (χ4v) is 2.22. The van der Waals surface area contributed by atoms with Crippen molar-refractivity contribution in [2.45, 2.75) is 31.0 Å². The molecule has 0 aliphatic heterocycles. The van der Waals surface area contributed by atoms with Crippen LogP contribution < -0.4 is 27.4 Å². The van der Waals surface area contributed by atoms with E-state index in [-0.39, 0.29) is 6.42 Å². The van der Waals surface area contributed by atoms with Gasteiger partial charge in [-0.15, -0.1) is 0 Å². The number of hydrogen-bond donors (Lipinski definition) is 8. The van der Waals surface area contributed by atoms with Crippen LogP contribution in [-0.2, 0) is 30.4 Å². The molecule has 1 heterocycles. The lowest BCUT2D eigenvalue weighted by atomic mass is 10.1. The highest BCUT2D eigenvalue weighted by atomic mass is 16.4. The molecule has 0 aromatic carbocycles. The normalized spacial score (nSPS) is 13.6. The second kappa shape index (κ2) is 11.4. The van der Waals surface area contributed by atoms with Crippen LogP contribution in [0.15, 0.2) is 12.5 Å². The number of nitrogens with one attached hydrogen (secondary N) is 4. The lowest BCUT2D eigenvalue weighted by Crippen LogP contribution is -2.58. The molecule has 14 heteroatoms. The van der Waals surface area contributed by atoms with Crippen molar-refractivity contribution < 1.29 is 34.2 Å². The number of nitrogens with two attached hydrogens (primary N) is 2. The minimum absolute atomic E-state index is 0.121. The maximum atomic E-state index is 12.3. The first-order chi connectivity index (χ1) is 13.7. The van der Waals surface area contributed by atoms with Crippen LogP contribution in [0.25, 0.3) is 0 Å². The van der Waals surface area contributed by atoms with Crippen LogP contribution in [0.4, 0.5) is 0 Å². The summed E-state index contributed by atoms with van der Waals surface area (Å²) < 4.78 is 0. The quantitative estimate of drug-likeness (QED) is 0.164. The molecule has 0 bridgehead atoms. The van der Waals surface area contributed by atoms with Crippen LogP contribution in [0.1, 0.15) is 12.1 Å². The number of aromatic nitrogens is 2. The zero-order chi connectivity index (χ0) is 22.0. The standard InChI is InChI=1S/C15H23N7O7/c16-3-12(25)20-8(2-11(17)24)13(26)22-10(5-23)14(27)21-9(15(28)29)1-7-4-18-6-19-7/h4,6,8-10,23H,1-3,5,16H2,(H2,17,24)(H,18,19)(H,20,25)(H,21,27)(H,22,26)(H,28,29). The highest BCUT2D eigenvalue weighted by Crippen LogP contribution is 2.00. The van der Waals surface area contributed by atoms with Gasteiger partial charge in [0.25, 0.3) is 0 Å². The first-order valence-corrected chi connectivity index (χ1v) is 8.37. The third-order valence-corrected chi connectivity index (χ3v) is 3.65. The molecule has 1 aromatic rings. The Hall–Kier alpha value is -3.52. The lowest BCUT2D eigenvalue weighted by molar-refractivity contribution is -0.142. The minimum atomic E-state index is -1.55. The van der Waals surface area contributed by atoms with Gasteiger partial charge in [0.05, 0.1) is 25.9 Å². The number of rotatable bonds is 12. The van der Waals surface area contributed by atoms with E-state index in [2.05, 4.69) is 25.9 Å². The summed E-state index contributed by atoms with van der Waals surface area (Å²) in [5, 5.41) is 25.1. The molecular formula is C15H23N7O7. The zero-order valence-corrected chi connectivity index (χ0v) is 15.3. The molecule has 0 fully saturated rings. The van der Waals surface area contributed by atoms with E-state index in [0.717, 1.165) is 0 Å². The monoisotopic (exact) mass is 413 g/mol. The molecule has 1 aromatic heterocycles. The van der Waals surface area contributed by atoms with E-state index in [4.69, 9.17) is 11.5 Å². The maximum Gasteiger partial charge on any atom is 0.326 e. The van der Waals surface area contributed by atoms with Gasteiger partial charge in [-0.25, -0.2) is 9.78 Å². The molecule has 10 N–H and O–H groups in total. The summed E-state index contributed by atoms with van der Waals surface area (Å²) >= 11 is 0. The number of nitrogens with zero attached hydrogens (tertiary/aromatic N) is 1. The first kappa shape index (κ1) is 23.5. The van der Waals surface area contributed by atoms with Crippen molar-refractivity contribution in [3.8, 4) is 0 Å². The molecule has 0 aliphatic carbocycles. The molecule has 0 spiro atoms. The number of carbonyl (C=O) groups excluding carboxylic acids is 4. The summed E-state index contributed by atoms with van der Waals surface area (Å²) in [6, 6.07) is -4.34. The Morgan fingerprint density at radius 1 is 1.07 bits per heavy atom. The van der Waals surface area contributed by atoms with Crippen molar-refractivity contribution in [1.29, 1.82) is 0 Å². The molecule has 29 heavy (non-hydrogen) atoms. The molecule has 4 amide bonds. The Balaban J connectivity index is 2.80. The van der Waals surface area contributed by atoms with Gasteiger partial charge in [-0.2, -0.15) is 0 Å². The molecular weight excluding hydrogens is 390 g/mol. The predicted molar refractivity (Wildman–Crippen MR) is 95.7 cm³/mol. The second-order valence-electron chi connectivity index (χ2n) is 5.92.